The van der Waals surface area contributed by atoms with Crippen LogP contribution in [0.25, 0.3) is 22.6 Å². The topological polar surface area (TPSA) is 89.5 Å². The Bertz CT molecular complexity index is 1290. The molecular formula is C27H25N5O3. The highest BCUT2D eigenvalue weighted by atomic mass is 16.6. The molecule has 0 saturated carbocycles. The fourth-order valence-electron chi connectivity index (χ4n) is 3.95. The Morgan fingerprint density at radius 3 is 2.34 bits per heavy atom. The van der Waals surface area contributed by atoms with Gasteiger partial charge in [-0.25, -0.2) is 14.8 Å². The number of para-hydroxylation sites is 1. The number of hydrogen-bond acceptors (Lipinski definition) is 7. The molecular weight excluding hydrogens is 442 g/mol. The first kappa shape index (κ1) is 22.5. The summed E-state index contributed by atoms with van der Waals surface area (Å²) in [6.07, 6.45) is 2.98. The van der Waals surface area contributed by atoms with E-state index in [2.05, 4.69) is 22.1 Å². The number of rotatable bonds is 5. The first-order valence-corrected chi connectivity index (χ1v) is 11.4. The van der Waals surface area contributed by atoms with E-state index in [-0.39, 0.29) is 0 Å². The summed E-state index contributed by atoms with van der Waals surface area (Å²) < 4.78 is 10.8. The van der Waals surface area contributed by atoms with E-state index in [9.17, 15) is 4.79 Å². The average molecular weight is 468 g/mol. The van der Waals surface area contributed by atoms with Gasteiger partial charge >= 0.3 is 6.09 Å². The second-order valence-electron chi connectivity index (χ2n) is 8.08. The van der Waals surface area contributed by atoms with Crippen LogP contribution >= 0.6 is 0 Å². The molecule has 1 amide bonds. The zero-order valence-corrected chi connectivity index (χ0v) is 19.3. The van der Waals surface area contributed by atoms with Gasteiger partial charge < -0.3 is 14.4 Å². The van der Waals surface area contributed by atoms with Crippen LogP contribution in [0.3, 0.4) is 0 Å². The van der Waals surface area contributed by atoms with Crippen molar-refractivity contribution in [1.82, 2.24) is 15.0 Å². The molecule has 4 aromatic rings. The Balaban J connectivity index is 1.43. The SMILES string of the molecule is Cc1c(-c2ccncc2)nc(-c2ccc(NC(=O)Oc3ccccc3)cc2)nc1N1CCOCC1. The van der Waals surface area contributed by atoms with Crippen LogP contribution in [0.4, 0.5) is 16.3 Å². The molecule has 0 radical (unpaired) electrons. The van der Waals surface area contributed by atoms with Gasteiger partial charge in [0.2, 0.25) is 0 Å². The van der Waals surface area contributed by atoms with Crippen molar-refractivity contribution in [1.29, 1.82) is 0 Å². The lowest BCUT2D eigenvalue weighted by molar-refractivity contribution is 0.122. The Kier molecular flexibility index (Phi) is 6.63. The minimum atomic E-state index is -0.551. The largest absolute Gasteiger partial charge is 0.417 e. The standard InChI is InChI=1S/C27H25N5O3/c1-19-24(20-11-13-28-14-12-20)30-25(31-26(19)32-15-17-34-18-16-32)21-7-9-22(10-8-21)29-27(33)35-23-5-3-2-4-6-23/h2-14H,15-18H2,1H3,(H,29,33). The molecule has 0 spiro atoms. The van der Waals surface area contributed by atoms with E-state index in [1.807, 2.05) is 54.6 Å². The van der Waals surface area contributed by atoms with E-state index < -0.39 is 6.09 Å². The number of pyridine rings is 1. The molecule has 8 nitrogen and oxygen atoms in total. The number of carbonyl (C=O) groups excluding carboxylic acids is 1. The van der Waals surface area contributed by atoms with Crippen LogP contribution in [0.5, 0.6) is 5.75 Å². The zero-order chi connectivity index (χ0) is 24.0. The quantitative estimate of drug-likeness (QED) is 0.444. The number of hydrogen-bond donors (Lipinski definition) is 1. The predicted molar refractivity (Wildman–Crippen MR) is 135 cm³/mol. The molecule has 1 N–H and O–H groups in total. The molecule has 176 valence electrons. The number of carbonyl (C=O) groups is 1. The summed E-state index contributed by atoms with van der Waals surface area (Å²) in [4.78, 5) is 28.4. The monoisotopic (exact) mass is 467 g/mol. The molecule has 35 heavy (non-hydrogen) atoms. The van der Waals surface area contributed by atoms with E-state index in [0.717, 1.165) is 41.3 Å². The summed E-state index contributed by atoms with van der Waals surface area (Å²) in [5, 5.41) is 2.75. The van der Waals surface area contributed by atoms with E-state index in [1.54, 1.807) is 24.5 Å². The molecule has 5 rings (SSSR count). The predicted octanol–water partition coefficient (Wildman–Crippen LogP) is 4.96. The van der Waals surface area contributed by atoms with Gasteiger partial charge in [0, 0.05) is 47.9 Å². The lowest BCUT2D eigenvalue weighted by Gasteiger charge is -2.30. The maximum Gasteiger partial charge on any atom is 0.417 e. The molecule has 0 aliphatic carbocycles. The van der Waals surface area contributed by atoms with Crippen molar-refractivity contribution in [2.24, 2.45) is 0 Å². The van der Waals surface area contributed by atoms with Gasteiger partial charge in [0.1, 0.15) is 11.6 Å². The van der Waals surface area contributed by atoms with E-state index in [1.165, 1.54) is 0 Å². The molecule has 2 aromatic heterocycles. The summed E-state index contributed by atoms with van der Waals surface area (Å²) in [6, 6.07) is 20.2. The number of nitrogens with zero attached hydrogens (tertiary/aromatic N) is 4. The van der Waals surface area contributed by atoms with Crippen LogP contribution in [0, 0.1) is 6.92 Å². The second-order valence-corrected chi connectivity index (χ2v) is 8.08. The van der Waals surface area contributed by atoms with E-state index >= 15 is 0 Å². The third-order valence-corrected chi connectivity index (χ3v) is 5.73. The lowest BCUT2D eigenvalue weighted by Crippen LogP contribution is -2.37. The smallest absolute Gasteiger partial charge is 0.410 e. The first-order valence-electron chi connectivity index (χ1n) is 11.4. The summed E-state index contributed by atoms with van der Waals surface area (Å²) >= 11 is 0. The number of anilines is 2. The van der Waals surface area contributed by atoms with Crippen LogP contribution in [0.1, 0.15) is 5.56 Å². The van der Waals surface area contributed by atoms with Crippen molar-refractivity contribution in [3.63, 3.8) is 0 Å². The minimum Gasteiger partial charge on any atom is -0.410 e. The van der Waals surface area contributed by atoms with Crippen molar-refractivity contribution < 1.29 is 14.3 Å². The van der Waals surface area contributed by atoms with Gasteiger partial charge in [-0.05, 0) is 55.5 Å². The van der Waals surface area contributed by atoms with Gasteiger partial charge in [-0.2, -0.15) is 0 Å². The average Bonchev–Trinajstić information content (AvgIpc) is 2.91. The van der Waals surface area contributed by atoms with E-state index in [0.29, 0.717) is 30.5 Å². The van der Waals surface area contributed by atoms with E-state index in [4.69, 9.17) is 19.4 Å². The van der Waals surface area contributed by atoms with Crippen LogP contribution < -0.4 is 15.0 Å². The Hall–Kier alpha value is -4.30. The molecule has 2 aromatic carbocycles. The van der Waals surface area contributed by atoms with Crippen LogP contribution in [0.15, 0.2) is 79.1 Å². The number of morpholine rings is 1. The number of benzene rings is 2. The van der Waals surface area contributed by atoms with Gasteiger partial charge in [-0.1, -0.05) is 18.2 Å². The van der Waals surface area contributed by atoms with Gasteiger partial charge in [0.05, 0.1) is 18.9 Å². The highest BCUT2D eigenvalue weighted by molar-refractivity contribution is 5.86. The highest BCUT2D eigenvalue weighted by Gasteiger charge is 2.20. The van der Waals surface area contributed by atoms with Gasteiger partial charge in [-0.3, -0.25) is 10.3 Å². The third kappa shape index (κ3) is 5.28. The maximum absolute atomic E-state index is 12.2. The van der Waals surface area contributed by atoms with Gasteiger partial charge in [0.15, 0.2) is 5.82 Å². The summed E-state index contributed by atoms with van der Waals surface area (Å²) in [5.74, 6) is 2.00. The number of ether oxygens (including phenoxy) is 2. The molecule has 1 aliphatic heterocycles. The first-order chi connectivity index (χ1) is 17.2. The Labute approximate surface area is 203 Å². The highest BCUT2D eigenvalue weighted by Crippen LogP contribution is 2.31. The van der Waals surface area contributed by atoms with Crippen molar-refractivity contribution in [2.45, 2.75) is 6.92 Å². The molecule has 1 aliphatic rings. The fourth-order valence-corrected chi connectivity index (χ4v) is 3.95. The van der Waals surface area contributed by atoms with Crippen molar-refractivity contribution in [3.8, 4) is 28.4 Å². The molecule has 1 saturated heterocycles. The van der Waals surface area contributed by atoms with Crippen molar-refractivity contribution in [3.05, 3.63) is 84.7 Å². The minimum absolute atomic E-state index is 0.481. The van der Waals surface area contributed by atoms with Crippen LogP contribution in [0.2, 0.25) is 0 Å². The molecule has 0 unspecified atom stereocenters. The van der Waals surface area contributed by atoms with Crippen LogP contribution in [-0.4, -0.2) is 47.3 Å². The normalized spacial score (nSPS) is 13.3. The summed E-state index contributed by atoms with van der Waals surface area (Å²) in [5.41, 5.74) is 4.33. The third-order valence-electron chi connectivity index (χ3n) is 5.73. The zero-order valence-electron chi connectivity index (χ0n) is 19.3. The molecule has 0 atom stereocenters. The van der Waals surface area contributed by atoms with Crippen molar-refractivity contribution in [2.75, 3.05) is 36.5 Å². The van der Waals surface area contributed by atoms with Gasteiger partial charge in [0.25, 0.3) is 0 Å². The number of aromatic nitrogens is 3. The maximum atomic E-state index is 12.2. The summed E-state index contributed by atoms with van der Waals surface area (Å²) in [6.45, 7) is 4.94. The lowest BCUT2D eigenvalue weighted by atomic mass is 10.1. The number of nitrogens with one attached hydrogen (secondary N) is 1. The summed E-state index contributed by atoms with van der Waals surface area (Å²) in [7, 11) is 0. The molecule has 3 heterocycles. The fraction of sp³-hybridized carbons (Fsp3) is 0.185. The van der Waals surface area contributed by atoms with Crippen molar-refractivity contribution >= 4 is 17.6 Å². The molecule has 0 bridgehead atoms. The Morgan fingerprint density at radius 2 is 1.63 bits per heavy atom. The molecule has 8 heteroatoms. The second kappa shape index (κ2) is 10.3. The van der Waals surface area contributed by atoms with Gasteiger partial charge in [-0.15, -0.1) is 0 Å². The molecule has 1 fully saturated rings. The van der Waals surface area contributed by atoms with Crippen LogP contribution in [-0.2, 0) is 4.74 Å². The number of amides is 1. The Morgan fingerprint density at radius 1 is 0.914 bits per heavy atom.